The van der Waals surface area contributed by atoms with Crippen molar-refractivity contribution >= 4 is 27.5 Å². The lowest BCUT2D eigenvalue weighted by Gasteiger charge is -2.33. The van der Waals surface area contributed by atoms with E-state index >= 15 is 0 Å². The third-order valence-corrected chi connectivity index (χ3v) is 6.74. The summed E-state index contributed by atoms with van der Waals surface area (Å²) in [6.45, 7) is 5.45. The van der Waals surface area contributed by atoms with Crippen LogP contribution in [-0.4, -0.2) is 57.1 Å². The summed E-state index contributed by atoms with van der Waals surface area (Å²) in [7, 11) is -2.31. The lowest BCUT2D eigenvalue weighted by atomic mass is 10.1. The first-order valence-corrected chi connectivity index (χ1v) is 13.2. The Morgan fingerprint density at radius 1 is 1.03 bits per heavy atom. The Bertz CT molecular complexity index is 1060. The van der Waals surface area contributed by atoms with Gasteiger partial charge in [0.15, 0.2) is 0 Å². The monoisotopic (exact) mass is 489 g/mol. The van der Waals surface area contributed by atoms with Crippen LogP contribution in [0.15, 0.2) is 54.6 Å². The molecule has 8 nitrogen and oxygen atoms in total. The number of amides is 2. The fourth-order valence-corrected chi connectivity index (χ4v) is 4.36. The van der Waals surface area contributed by atoms with Crippen molar-refractivity contribution in [1.29, 1.82) is 0 Å². The van der Waals surface area contributed by atoms with Crippen molar-refractivity contribution in [3.8, 4) is 5.75 Å². The van der Waals surface area contributed by atoms with Gasteiger partial charge in [-0.15, -0.1) is 0 Å². The summed E-state index contributed by atoms with van der Waals surface area (Å²) in [4.78, 5) is 28.1. The number of hydrogen-bond donors (Lipinski definition) is 1. The van der Waals surface area contributed by atoms with Crippen molar-refractivity contribution < 1.29 is 22.7 Å². The Morgan fingerprint density at radius 2 is 1.71 bits per heavy atom. The second-order valence-electron chi connectivity index (χ2n) is 8.22. The van der Waals surface area contributed by atoms with Gasteiger partial charge in [0.05, 0.1) is 19.1 Å². The summed E-state index contributed by atoms with van der Waals surface area (Å²) in [5.74, 6) is -0.254. The minimum atomic E-state index is -3.79. The predicted octanol–water partition coefficient (Wildman–Crippen LogP) is 3.18. The van der Waals surface area contributed by atoms with E-state index in [-0.39, 0.29) is 18.5 Å². The second kappa shape index (κ2) is 12.4. The topological polar surface area (TPSA) is 96.0 Å². The van der Waals surface area contributed by atoms with Gasteiger partial charge >= 0.3 is 0 Å². The molecule has 2 rings (SSSR count). The van der Waals surface area contributed by atoms with E-state index in [9.17, 15) is 18.0 Å². The highest BCUT2D eigenvalue weighted by atomic mass is 32.2. The summed E-state index contributed by atoms with van der Waals surface area (Å²) in [6, 6.07) is 15.1. The van der Waals surface area contributed by atoms with Gasteiger partial charge in [0.2, 0.25) is 21.8 Å². The van der Waals surface area contributed by atoms with Gasteiger partial charge in [0, 0.05) is 18.7 Å². The first kappa shape index (κ1) is 27.2. The van der Waals surface area contributed by atoms with Crippen LogP contribution in [0.25, 0.3) is 0 Å². The minimum Gasteiger partial charge on any atom is -0.497 e. The molecule has 0 heterocycles. The zero-order valence-electron chi connectivity index (χ0n) is 20.5. The standard InChI is InChI=1S/C25H35N3O5S/c1-6-19(3)26-25(30)23(7-2)27(17-20-12-9-8-10-13-20)24(29)18-28(34(5,31)32)21-14-11-15-22(16-21)33-4/h8-16,19,23H,6-7,17-18H2,1-5H3,(H,26,30)/t19-,23-/m0/s1. The Labute approximate surface area is 202 Å². The zero-order chi connectivity index (χ0) is 25.3. The Balaban J connectivity index is 2.42. The summed E-state index contributed by atoms with van der Waals surface area (Å²) < 4.78 is 31.5. The smallest absolute Gasteiger partial charge is 0.244 e. The van der Waals surface area contributed by atoms with Crippen LogP contribution in [0, 0.1) is 0 Å². The van der Waals surface area contributed by atoms with E-state index in [1.165, 1.54) is 12.0 Å². The quantitative estimate of drug-likeness (QED) is 0.494. The molecule has 34 heavy (non-hydrogen) atoms. The molecule has 0 aromatic heterocycles. The molecule has 0 aliphatic heterocycles. The van der Waals surface area contributed by atoms with Crippen molar-refractivity contribution in [2.24, 2.45) is 0 Å². The molecule has 186 valence electrons. The lowest BCUT2D eigenvalue weighted by Crippen LogP contribution is -2.53. The summed E-state index contributed by atoms with van der Waals surface area (Å²) in [5, 5.41) is 2.95. The molecular weight excluding hydrogens is 454 g/mol. The SMILES string of the molecule is CC[C@H](C)NC(=O)[C@H](CC)N(Cc1ccccc1)C(=O)CN(c1cccc(OC)c1)S(C)(=O)=O. The third kappa shape index (κ3) is 7.48. The number of nitrogens with one attached hydrogen (secondary N) is 1. The van der Waals surface area contributed by atoms with Crippen molar-refractivity contribution in [1.82, 2.24) is 10.2 Å². The largest absolute Gasteiger partial charge is 0.497 e. The Morgan fingerprint density at radius 3 is 2.26 bits per heavy atom. The zero-order valence-corrected chi connectivity index (χ0v) is 21.3. The van der Waals surface area contributed by atoms with E-state index in [2.05, 4.69) is 5.32 Å². The molecule has 2 aromatic rings. The number of rotatable bonds is 12. The first-order valence-electron chi connectivity index (χ1n) is 11.4. The van der Waals surface area contributed by atoms with Crippen molar-refractivity contribution in [2.75, 3.05) is 24.2 Å². The number of hydrogen-bond acceptors (Lipinski definition) is 5. The average Bonchev–Trinajstić information content (AvgIpc) is 2.82. The molecule has 9 heteroatoms. The molecule has 0 fully saturated rings. The average molecular weight is 490 g/mol. The van der Waals surface area contributed by atoms with E-state index in [0.717, 1.165) is 22.5 Å². The van der Waals surface area contributed by atoms with Gasteiger partial charge in [0.1, 0.15) is 18.3 Å². The summed E-state index contributed by atoms with van der Waals surface area (Å²) in [6.07, 6.45) is 2.19. The van der Waals surface area contributed by atoms with Crippen LogP contribution in [0.5, 0.6) is 5.75 Å². The van der Waals surface area contributed by atoms with E-state index in [1.54, 1.807) is 24.3 Å². The number of methoxy groups -OCH3 is 1. The molecular formula is C25H35N3O5S. The van der Waals surface area contributed by atoms with Gasteiger partial charge in [-0.1, -0.05) is 50.2 Å². The predicted molar refractivity (Wildman–Crippen MR) is 134 cm³/mol. The van der Waals surface area contributed by atoms with Crippen LogP contribution in [0.2, 0.25) is 0 Å². The van der Waals surface area contributed by atoms with Gasteiger partial charge in [-0.25, -0.2) is 8.42 Å². The number of benzene rings is 2. The lowest BCUT2D eigenvalue weighted by molar-refractivity contribution is -0.140. The fourth-order valence-electron chi connectivity index (χ4n) is 3.52. The first-order chi connectivity index (χ1) is 16.1. The van der Waals surface area contributed by atoms with Crippen LogP contribution in [0.1, 0.15) is 39.2 Å². The molecule has 0 saturated carbocycles. The van der Waals surface area contributed by atoms with E-state index < -0.39 is 28.5 Å². The Kier molecular flexibility index (Phi) is 9.92. The van der Waals surface area contributed by atoms with Gasteiger partial charge in [0.25, 0.3) is 0 Å². The van der Waals surface area contributed by atoms with Crippen LogP contribution >= 0.6 is 0 Å². The molecule has 0 radical (unpaired) electrons. The molecule has 0 saturated heterocycles. The fraction of sp³-hybridized carbons (Fsp3) is 0.440. The molecule has 0 bridgehead atoms. The van der Waals surface area contributed by atoms with Gasteiger partial charge < -0.3 is 15.0 Å². The molecule has 2 atom stereocenters. The second-order valence-corrected chi connectivity index (χ2v) is 10.1. The number of sulfonamides is 1. The molecule has 2 amide bonds. The maximum Gasteiger partial charge on any atom is 0.244 e. The highest BCUT2D eigenvalue weighted by molar-refractivity contribution is 7.92. The van der Waals surface area contributed by atoms with Gasteiger partial charge in [-0.2, -0.15) is 0 Å². The maximum atomic E-state index is 13.6. The highest BCUT2D eigenvalue weighted by Crippen LogP contribution is 2.24. The molecule has 0 unspecified atom stereocenters. The van der Waals surface area contributed by atoms with Crippen LogP contribution < -0.4 is 14.4 Å². The number of anilines is 1. The molecule has 1 N–H and O–H groups in total. The Hall–Kier alpha value is -3.07. The van der Waals surface area contributed by atoms with Crippen molar-refractivity contribution in [3.05, 3.63) is 60.2 Å². The summed E-state index contributed by atoms with van der Waals surface area (Å²) in [5.41, 5.74) is 1.16. The van der Waals surface area contributed by atoms with Gasteiger partial charge in [-0.05, 0) is 37.5 Å². The van der Waals surface area contributed by atoms with E-state index in [0.29, 0.717) is 17.9 Å². The van der Waals surface area contributed by atoms with E-state index in [1.807, 2.05) is 51.1 Å². The van der Waals surface area contributed by atoms with Crippen LogP contribution in [-0.2, 0) is 26.2 Å². The van der Waals surface area contributed by atoms with Crippen molar-refractivity contribution in [2.45, 2.75) is 52.2 Å². The summed E-state index contributed by atoms with van der Waals surface area (Å²) >= 11 is 0. The van der Waals surface area contributed by atoms with Gasteiger partial charge in [-0.3, -0.25) is 13.9 Å². The van der Waals surface area contributed by atoms with Crippen LogP contribution in [0.4, 0.5) is 5.69 Å². The molecule has 0 aliphatic carbocycles. The van der Waals surface area contributed by atoms with Crippen LogP contribution in [0.3, 0.4) is 0 Å². The number of ether oxygens (including phenoxy) is 1. The highest BCUT2D eigenvalue weighted by Gasteiger charge is 2.32. The number of carbonyl (C=O) groups is 2. The van der Waals surface area contributed by atoms with Crippen molar-refractivity contribution in [3.63, 3.8) is 0 Å². The number of nitrogens with zero attached hydrogens (tertiary/aromatic N) is 2. The molecule has 2 aromatic carbocycles. The minimum absolute atomic E-state index is 0.0421. The molecule has 0 aliphatic rings. The molecule has 0 spiro atoms. The number of carbonyl (C=O) groups excluding carboxylic acids is 2. The normalized spacial score (nSPS) is 13.0. The van der Waals surface area contributed by atoms with E-state index in [4.69, 9.17) is 4.74 Å². The third-order valence-electron chi connectivity index (χ3n) is 5.60. The maximum absolute atomic E-state index is 13.6.